The Labute approximate surface area is 102 Å². The Kier molecular flexibility index (Phi) is 4.92. The molecule has 0 bridgehead atoms. The molecule has 0 aliphatic carbocycles. The van der Waals surface area contributed by atoms with E-state index in [9.17, 15) is 8.42 Å². The van der Waals surface area contributed by atoms with E-state index in [2.05, 4.69) is 4.18 Å². The Morgan fingerprint density at radius 1 is 1.41 bits per heavy atom. The van der Waals surface area contributed by atoms with Gasteiger partial charge in [0.25, 0.3) is 0 Å². The Morgan fingerprint density at radius 3 is 2.65 bits per heavy atom. The molecule has 6 heteroatoms. The molecule has 17 heavy (non-hydrogen) atoms. The molecule has 96 valence electrons. The zero-order chi connectivity index (χ0) is 12.9. The molecule has 1 aromatic rings. The first-order valence-electron chi connectivity index (χ1n) is 5.36. The van der Waals surface area contributed by atoms with E-state index >= 15 is 0 Å². The zero-order valence-electron chi connectivity index (χ0n) is 9.96. The van der Waals surface area contributed by atoms with Gasteiger partial charge in [-0.15, -0.1) is 0 Å². The molecule has 1 N–H and O–H groups in total. The van der Waals surface area contributed by atoms with Gasteiger partial charge >= 0.3 is 10.4 Å². The molecule has 0 spiro atoms. The monoisotopic (exact) mass is 259 g/mol. The summed E-state index contributed by atoms with van der Waals surface area (Å²) in [4.78, 5) is 1.97. The van der Waals surface area contributed by atoms with Crippen LogP contribution in [-0.2, 0) is 14.6 Å². The van der Waals surface area contributed by atoms with Crippen molar-refractivity contribution in [3.05, 3.63) is 29.8 Å². The first-order chi connectivity index (χ1) is 7.92. The number of anilines is 1. The number of hydrogen-bond acceptors (Lipinski definition) is 4. The maximum absolute atomic E-state index is 10.4. The quantitative estimate of drug-likeness (QED) is 0.787. The fraction of sp³-hybridized carbons (Fsp3) is 0.455. The second-order valence-corrected chi connectivity index (χ2v) is 4.76. The molecule has 1 aromatic carbocycles. The van der Waals surface area contributed by atoms with Gasteiger partial charge in [0, 0.05) is 18.8 Å². The summed E-state index contributed by atoms with van der Waals surface area (Å²) in [6.07, 6.45) is 0. The van der Waals surface area contributed by atoms with Gasteiger partial charge in [0.1, 0.15) is 0 Å². The van der Waals surface area contributed by atoms with Crippen LogP contribution in [0.25, 0.3) is 0 Å². The summed E-state index contributed by atoms with van der Waals surface area (Å²) < 4.78 is 33.6. The topological polar surface area (TPSA) is 66.8 Å². The molecule has 0 aliphatic heterocycles. The first-order valence-corrected chi connectivity index (χ1v) is 6.72. The van der Waals surface area contributed by atoms with E-state index in [0.717, 1.165) is 17.8 Å². The number of aryl methyl sites for hydroxylation is 1. The average molecular weight is 259 g/mol. The van der Waals surface area contributed by atoms with Gasteiger partial charge in [-0.25, -0.2) is 4.18 Å². The summed E-state index contributed by atoms with van der Waals surface area (Å²) in [6.45, 7) is 5.03. The highest BCUT2D eigenvalue weighted by molar-refractivity contribution is 7.80. The molecule has 1 rings (SSSR count). The molecule has 0 radical (unpaired) electrons. The van der Waals surface area contributed by atoms with Crippen molar-refractivity contribution >= 4 is 16.1 Å². The summed E-state index contributed by atoms with van der Waals surface area (Å²) >= 11 is 0. The fourth-order valence-corrected chi connectivity index (χ4v) is 1.83. The number of benzene rings is 1. The van der Waals surface area contributed by atoms with Crippen molar-refractivity contribution in [2.75, 3.05) is 24.6 Å². The minimum absolute atomic E-state index is 0.0688. The smallest absolute Gasteiger partial charge is 0.369 e. The fourth-order valence-electron chi connectivity index (χ4n) is 1.55. The van der Waals surface area contributed by atoms with Crippen molar-refractivity contribution in [1.29, 1.82) is 0 Å². The number of nitrogens with zero attached hydrogens (tertiary/aromatic N) is 1. The summed E-state index contributed by atoms with van der Waals surface area (Å²) in [5, 5.41) is 0. The van der Waals surface area contributed by atoms with Crippen molar-refractivity contribution in [3.63, 3.8) is 0 Å². The van der Waals surface area contributed by atoms with Crippen molar-refractivity contribution in [2.45, 2.75) is 13.8 Å². The van der Waals surface area contributed by atoms with Crippen LogP contribution in [0.2, 0.25) is 0 Å². The van der Waals surface area contributed by atoms with Gasteiger partial charge in [0.05, 0.1) is 6.61 Å². The summed E-state index contributed by atoms with van der Waals surface area (Å²) in [5.74, 6) is 0. The van der Waals surface area contributed by atoms with Gasteiger partial charge in [-0.1, -0.05) is 12.1 Å². The third kappa shape index (κ3) is 5.16. The highest BCUT2D eigenvalue weighted by atomic mass is 32.3. The number of hydrogen-bond donors (Lipinski definition) is 1. The van der Waals surface area contributed by atoms with E-state index < -0.39 is 10.4 Å². The molecule has 0 aliphatic rings. The number of rotatable bonds is 6. The molecule has 5 nitrogen and oxygen atoms in total. The van der Waals surface area contributed by atoms with Crippen LogP contribution < -0.4 is 4.90 Å². The Morgan fingerprint density at radius 2 is 2.12 bits per heavy atom. The van der Waals surface area contributed by atoms with Crippen LogP contribution in [0.4, 0.5) is 5.69 Å². The number of likely N-dealkylation sites (N-methyl/N-ethyl adjacent to an activating group) is 1. The predicted octanol–water partition coefficient (Wildman–Crippen LogP) is 1.64. The van der Waals surface area contributed by atoms with Crippen LogP contribution in [0.3, 0.4) is 0 Å². The van der Waals surface area contributed by atoms with E-state index in [0.29, 0.717) is 6.54 Å². The van der Waals surface area contributed by atoms with E-state index in [-0.39, 0.29) is 6.61 Å². The van der Waals surface area contributed by atoms with Gasteiger partial charge in [-0.2, -0.15) is 8.42 Å². The van der Waals surface area contributed by atoms with Gasteiger partial charge in [-0.05, 0) is 31.5 Å². The summed E-state index contributed by atoms with van der Waals surface area (Å²) in [5.41, 5.74) is 2.14. The van der Waals surface area contributed by atoms with Crippen LogP contribution in [0.15, 0.2) is 24.3 Å². The lowest BCUT2D eigenvalue weighted by Crippen LogP contribution is -2.27. The van der Waals surface area contributed by atoms with Gasteiger partial charge in [0.2, 0.25) is 0 Å². The van der Waals surface area contributed by atoms with Crippen molar-refractivity contribution < 1.29 is 17.2 Å². The first kappa shape index (κ1) is 14.0. The van der Waals surface area contributed by atoms with Crippen molar-refractivity contribution in [3.8, 4) is 0 Å². The molecular weight excluding hydrogens is 242 g/mol. The van der Waals surface area contributed by atoms with Crippen LogP contribution >= 0.6 is 0 Å². The largest absolute Gasteiger partial charge is 0.397 e. The SMILES string of the molecule is CCN(CCOS(=O)(=O)O)c1cccc(C)c1. The molecule has 0 saturated carbocycles. The highest BCUT2D eigenvalue weighted by Crippen LogP contribution is 2.15. The third-order valence-electron chi connectivity index (χ3n) is 2.34. The van der Waals surface area contributed by atoms with E-state index in [1.807, 2.05) is 43.0 Å². The minimum atomic E-state index is -4.35. The Bertz CT molecular complexity index is 458. The average Bonchev–Trinajstić information content (AvgIpc) is 2.23. The second-order valence-electron chi connectivity index (χ2n) is 3.67. The van der Waals surface area contributed by atoms with Crippen LogP contribution in [0.1, 0.15) is 12.5 Å². The van der Waals surface area contributed by atoms with Crippen LogP contribution in [0, 0.1) is 6.92 Å². The maximum Gasteiger partial charge on any atom is 0.397 e. The van der Waals surface area contributed by atoms with E-state index in [1.54, 1.807) is 0 Å². The minimum Gasteiger partial charge on any atom is -0.369 e. The molecule has 0 amide bonds. The van der Waals surface area contributed by atoms with E-state index in [4.69, 9.17) is 4.55 Å². The Balaban J connectivity index is 2.60. The van der Waals surface area contributed by atoms with Crippen molar-refractivity contribution in [2.24, 2.45) is 0 Å². The summed E-state index contributed by atoms with van der Waals surface area (Å²) in [6, 6.07) is 7.89. The van der Waals surface area contributed by atoms with Gasteiger partial charge in [-0.3, -0.25) is 4.55 Å². The molecule has 0 heterocycles. The predicted molar refractivity (Wildman–Crippen MR) is 66.6 cm³/mol. The van der Waals surface area contributed by atoms with Gasteiger partial charge in [0.15, 0.2) is 0 Å². The molecule has 0 atom stereocenters. The molecular formula is C11H17NO4S. The lowest BCUT2D eigenvalue weighted by Gasteiger charge is -2.22. The van der Waals surface area contributed by atoms with E-state index in [1.165, 1.54) is 0 Å². The zero-order valence-corrected chi connectivity index (χ0v) is 10.8. The normalized spacial score (nSPS) is 11.5. The maximum atomic E-state index is 10.4. The van der Waals surface area contributed by atoms with Crippen LogP contribution in [-0.4, -0.2) is 32.7 Å². The molecule has 0 aromatic heterocycles. The lowest BCUT2D eigenvalue weighted by atomic mass is 10.2. The highest BCUT2D eigenvalue weighted by Gasteiger charge is 2.08. The Hall–Kier alpha value is -1.11. The van der Waals surface area contributed by atoms with Crippen molar-refractivity contribution in [1.82, 2.24) is 0 Å². The third-order valence-corrected chi connectivity index (χ3v) is 2.81. The standard InChI is InChI=1S/C11H17NO4S/c1-3-12(7-8-16-17(13,14)15)11-6-4-5-10(2)9-11/h4-6,9H,3,7-8H2,1-2H3,(H,13,14,15). The lowest BCUT2D eigenvalue weighted by molar-refractivity contribution is 0.274. The molecule has 0 saturated heterocycles. The molecule has 0 unspecified atom stereocenters. The molecule has 0 fully saturated rings. The van der Waals surface area contributed by atoms with Crippen LogP contribution in [0.5, 0.6) is 0 Å². The summed E-state index contributed by atoms with van der Waals surface area (Å²) in [7, 11) is -4.35. The second kappa shape index (κ2) is 6.00. The van der Waals surface area contributed by atoms with Gasteiger partial charge < -0.3 is 4.90 Å².